The van der Waals surface area contributed by atoms with Gasteiger partial charge in [0, 0.05) is 17.2 Å². The number of phenolic OH excluding ortho intramolecular Hbond substituents is 3. The molecule has 0 saturated carbocycles. The van der Waals surface area contributed by atoms with Crippen molar-refractivity contribution in [3.05, 3.63) is 37.8 Å². The first-order chi connectivity index (χ1) is 13.2. The predicted molar refractivity (Wildman–Crippen MR) is 105 cm³/mol. The number of fused-ring (bicyclic) bond motifs is 1. The van der Waals surface area contributed by atoms with Crippen LogP contribution in [0, 0.1) is 0 Å². The van der Waals surface area contributed by atoms with Gasteiger partial charge in [0.15, 0.2) is 23.0 Å². The van der Waals surface area contributed by atoms with Gasteiger partial charge < -0.3 is 24.8 Å². The molecule has 1 atom stereocenters. The van der Waals surface area contributed by atoms with Gasteiger partial charge in [-0.3, -0.25) is 0 Å². The Morgan fingerprint density at radius 3 is 2.32 bits per heavy atom. The average Bonchev–Trinajstić information content (AvgIpc) is 2.99. The van der Waals surface area contributed by atoms with E-state index < -0.39 is 23.6 Å². The predicted octanol–water partition coefficient (Wildman–Crippen LogP) is 6.13. The van der Waals surface area contributed by atoms with Crippen LogP contribution in [0.2, 0.25) is 15.1 Å². The van der Waals surface area contributed by atoms with E-state index in [1.54, 1.807) is 6.92 Å². The van der Waals surface area contributed by atoms with Crippen molar-refractivity contribution in [1.82, 2.24) is 0 Å². The molecule has 0 amide bonds. The number of carbonyl (C=O) groups is 1. The van der Waals surface area contributed by atoms with Crippen molar-refractivity contribution in [2.24, 2.45) is 0 Å². The third-order valence-corrected chi connectivity index (χ3v) is 5.62. The number of ether oxygens (including phenoxy) is 2. The van der Waals surface area contributed by atoms with Crippen LogP contribution in [-0.2, 0) is 11.2 Å². The second-order valence-electron chi connectivity index (χ2n) is 6.29. The fraction of sp³-hybridized carbons (Fsp3) is 0.316. The zero-order chi connectivity index (χ0) is 20.7. The van der Waals surface area contributed by atoms with E-state index in [0.717, 1.165) is 6.07 Å². The number of esters is 1. The van der Waals surface area contributed by atoms with E-state index in [-0.39, 0.29) is 43.4 Å². The van der Waals surface area contributed by atoms with Gasteiger partial charge in [-0.15, -0.1) is 0 Å². The molecule has 3 rings (SSSR count). The van der Waals surface area contributed by atoms with Gasteiger partial charge in [-0.05, 0) is 12.8 Å². The number of cyclic esters (lactones) is 1. The highest BCUT2D eigenvalue weighted by atomic mass is 35.5. The molecule has 0 bridgehead atoms. The van der Waals surface area contributed by atoms with Gasteiger partial charge in [-0.1, -0.05) is 55.1 Å². The molecule has 9 heteroatoms. The molecule has 150 valence electrons. The van der Waals surface area contributed by atoms with Crippen LogP contribution in [0.5, 0.6) is 28.7 Å². The van der Waals surface area contributed by atoms with E-state index in [1.807, 2.05) is 6.92 Å². The zero-order valence-corrected chi connectivity index (χ0v) is 17.2. The Morgan fingerprint density at radius 2 is 1.71 bits per heavy atom. The first kappa shape index (κ1) is 20.7. The summed E-state index contributed by atoms with van der Waals surface area (Å²) >= 11 is 18.6. The van der Waals surface area contributed by atoms with E-state index >= 15 is 0 Å². The van der Waals surface area contributed by atoms with Gasteiger partial charge in [0.1, 0.15) is 22.4 Å². The van der Waals surface area contributed by atoms with Crippen molar-refractivity contribution in [3.8, 4) is 28.7 Å². The molecular weight excluding hydrogens is 431 g/mol. The standard InChI is InChI=1S/C19H17Cl3O6/c1-3-5-7-13(20)8(23)6-9(24)17(7)28-18-12-11(10(4-2)27-19(12)26)14(21)16(25)15(18)22/h6,10,23-25H,3-5H2,1-2H3. The largest absolute Gasteiger partial charge is 0.506 e. The van der Waals surface area contributed by atoms with Crippen LogP contribution >= 0.6 is 34.8 Å². The van der Waals surface area contributed by atoms with E-state index in [0.29, 0.717) is 24.8 Å². The summed E-state index contributed by atoms with van der Waals surface area (Å²) in [4.78, 5) is 12.4. The molecule has 0 saturated heterocycles. The molecule has 2 aromatic carbocycles. The lowest BCUT2D eigenvalue weighted by atomic mass is 10.0. The highest BCUT2D eigenvalue weighted by Crippen LogP contribution is 2.54. The molecule has 1 aliphatic rings. The van der Waals surface area contributed by atoms with Crippen molar-refractivity contribution >= 4 is 40.8 Å². The SMILES string of the molecule is CCCc1c(Cl)c(O)cc(O)c1Oc1c(Cl)c(O)c(Cl)c2c1C(=O)OC2CC. The topological polar surface area (TPSA) is 96.2 Å². The molecule has 0 fully saturated rings. The molecule has 0 radical (unpaired) electrons. The van der Waals surface area contributed by atoms with Gasteiger partial charge in [-0.25, -0.2) is 4.79 Å². The molecule has 0 aliphatic carbocycles. The van der Waals surface area contributed by atoms with E-state index in [4.69, 9.17) is 44.3 Å². The maximum Gasteiger partial charge on any atom is 0.343 e. The van der Waals surface area contributed by atoms with Crippen LogP contribution in [-0.4, -0.2) is 21.3 Å². The Bertz CT molecular complexity index is 973. The second kappa shape index (κ2) is 7.78. The Hall–Kier alpha value is -2.02. The highest BCUT2D eigenvalue weighted by Gasteiger charge is 2.39. The number of hydrogen-bond donors (Lipinski definition) is 3. The number of benzene rings is 2. The number of aromatic hydroxyl groups is 3. The lowest BCUT2D eigenvalue weighted by Crippen LogP contribution is -2.02. The molecule has 1 heterocycles. The summed E-state index contributed by atoms with van der Waals surface area (Å²) in [5.74, 6) is -2.16. The Balaban J connectivity index is 2.26. The number of halogens is 3. The van der Waals surface area contributed by atoms with Crippen molar-refractivity contribution in [2.75, 3.05) is 0 Å². The number of carbonyl (C=O) groups excluding carboxylic acids is 1. The normalized spacial score (nSPS) is 15.5. The van der Waals surface area contributed by atoms with Crippen LogP contribution < -0.4 is 4.74 Å². The summed E-state index contributed by atoms with van der Waals surface area (Å²) < 4.78 is 11.1. The Kier molecular flexibility index (Phi) is 5.75. The van der Waals surface area contributed by atoms with Gasteiger partial charge in [0.25, 0.3) is 0 Å². The molecule has 2 aromatic rings. The molecule has 28 heavy (non-hydrogen) atoms. The summed E-state index contributed by atoms with van der Waals surface area (Å²) in [5, 5.41) is 30.2. The maximum atomic E-state index is 12.4. The molecule has 1 unspecified atom stereocenters. The van der Waals surface area contributed by atoms with Crippen LogP contribution in [0.4, 0.5) is 0 Å². The van der Waals surface area contributed by atoms with Crippen molar-refractivity contribution < 1.29 is 29.6 Å². The van der Waals surface area contributed by atoms with Crippen LogP contribution in [0.15, 0.2) is 6.07 Å². The minimum absolute atomic E-state index is 0.00890. The molecule has 3 N–H and O–H groups in total. The Morgan fingerprint density at radius 1 is 1.04 bits per heavy atom. The lowest BCUT2D eigenvalue weighted by Gasteiger charge is -2.18. The van der Waals surface area contributed by atoms with Gasteiger partial charge in [0.05, 0.1) is 10.0 Å². The second-order valence-corrected chi connectivity index (χ2v) is 7.42. The quantitative estimate of drug-likeness (QED) is 0.477. The van der Waals surface area contributed by atoms with E-state index in [1.165, 1.54) is 0 Å². The molecule has 6 nitrogen and oxygen atoms in total. The summed E-state index contributed by atoms with van der Waals surface area (Å²) in [6.45, 7) is 3.67. The van der Waals surface area contributed by atoms with Crippen LogP contribution in [0.1, 0.15) is 54.3 Å². The van der Waals surface area contributed by atoms with Gasteiger partial charge in [0.2, 0.25) is 0 Å². The molecule has 0 spiro atoms. The van der Waals surface area contributed by atoms with Gasteiger partial charge in [-0.2, -0.15) is 0 Å². The molecule has 0 aromatic heterocycles. The van der Waals surface area contributed by atoms with Gasteiger partial charge >= 0.3 is 5.97 Å². The summed E-state index contributed by atoms with van der Waals surface area (Å²) in [7, 11) is 0. The summed E-state index contributed by atoms with van der Waals surface area (Å²) in [6, 6.07) is 1.02. The highest BCUT2D eigenvalue weighted by molar-refractivity contribution is 6.39. The summed E-state index contributed by atoms with van der Waals surface area (Å²) in [5.41, 5.74) is 0.581. The van der Waals surface area contributed by atoms with Crippen molar-refractivity contribution in [1.29, 1.82) is 0 Å². The van der Waals surface area contributed by atoms with Crippen LogP contribution in [0.25, 0.3) is 0 Å². The Labute approximate surface area is 176 Å². The molecular formula is C19H17Cl3O6. The molecule has 1 aliphatic heterocycles. The number of phenols is 3. The van der Waals surface area contributed by atoms with E-state index in [9.17, 15) is 20.1 Å². The zero-order valence-electron chi connectivity index (χ0n) is 15.0. The third-order valence-electron chi connectivity index (χ3n) is 4.47. The van der Waals surface area contributed by atoms with Crippen LogP contribution in [0.3, 0.4) is 0 Å². The maximum absolute atomic E-state index is 12.4. The van der Waals surface area contributed by atoms with Crippen molar-refractivity contribution in [2.45, 2.75) is 39.2 Å². The monoisotopic (exact) mass is 446 g/mol. The number of rotatable bonds is 5. The smallest absolute Gasteiger partial charge is 0.343 e. The fourth-order valence-electron chi connectivity index (χ4n) is 3.17. The third kappa shape index (κ3) is 3.19. The summed E-state index contributed by atoms with van der Waals surface area (Å²) in [6.07, 6.45) is 0.775. The van der Waals surface area contributed by atoms with Crippen molar-refractivity contribution in [3.63, 3.8) is 0 Å². The average molecular weight is 448 g/mol. The lowest BCUT2D eigenvalue weighted by molar-refractivity contribution is 0.0377. The number of hydrogen-bond acceptors (Lipinski definition) is 6. The minimum atomic E-state index is -0.706. The minimum Gasteiger partial charge on any atom is -0.506 e. The first-order valence-corrected chi connectivity index (χ1v) is 9.72. The van der Waals surface area contributed by atoms with E-state index in [2.05, 4.69) is 0 Å². The fourth-order valence-corrected chi connectivity index (χ4v) is 3.99. The first-order valence-electron chi connectivity index (χ1n) is 8.58.